The van der Waals surface area contributed by atoms with Crippen molar-refractivity contribution in [2.45, 2.75) is 48.4 Å². The SMILES string of the molecule is CN1CCN(C2Cc3ccccc3Sc3ccc(C(C)(C)C)cc32)CC1. The summed E-state index contributed by atoms with van der Waals surface area (Å²) in [6, 6.07) is 16.7. The first kappa shape index (κ1) is 18.1. The molecule has 138 valence electrons. The summed E-state index contributed by atoms with van der Waals surface area (Å²) in [5.41, 5.74) is 4.66. The molecule has 0 spiro atoms. The predicted octanol–water partition coefficient (Wildman–Crippen LogP) is 4.98. The number of rotatable bonds is 1. The highest BCUT2D eigenvalue weighted by Crippen LogP contribution is 2.44. The van der Waals surface area contributed by atoms with Crippen LogP contribution in [0.15, 0.2) is 52.3 Å². The molecule has 0 saturated carbocycles. The minimum Gasteiger partial charge on any atom is -0.304 e. The Balaban J connectivity index is 1.78. The van der Waals surface area contributed by atoms with Crippen LogP contribution in [-0.2, 0) is 11.8 Å². The third-order valence-electron chi connectivity index (χ3n) is 5.82. The van der Waals surface area contributed by atoms with Gasteiger partial charge in [0, 0.05) is 42.0 Å². The lowest BCUT2D eigenvalue weighted by molar-refractivity contribution is 0.110. The maximum atomic E-state index is 2.72. The molecule has 0 aromatic heterocycles. The molecule has 1 atom stereocenters. The average Bonchev–Trinajstić information content (AvgIpc) is 2.77. The summed E-state index contributed by atoms with van der Waals surface area (Å²) in [6.07, 6.45) is 1.12. The number of hydrogen-bond acceptors (Lipinski definition) is 3. The molecule has 4 rings (SSSR count). The molecule has 1 fully saturated rings. The van der Waals surface area contributed by atoms with Crippen molar-refractivity contribution in [3.05, 3.63) is 59.2 Å². The van der Waals surface area contributed by atoms with E-state index in [2.05, 4.69) is 80.1 Å². The van der Waals surface area contributed by atoms with Crippen molar-refractivity contribution >= 4 is 11.8 Å². The number of fused-ring (bicyclic) bond motifs is 2. The van der Waals surface area contributed by atoms with Crippen molar-refractivity contribution in [1.29, 1.82) is 0 Å². The van der Waals surface area contributed by atoms with E-state index in [1.807, 2.05) is 11.8 Å². The van der Waals surface area contributed by atoms with E-state index < -0.39 is 0 Å². The monoisotopic (exact) mass is 366 g/mol. The zero-order valence-corrected chi connectivity index (χ0v) is 17.3. The van der Waals surface area contributed by atoms with Crippen LogP contribution in [0.2, 0.25) is 0 Å². The van der Waals surface area contributed by atoms with E-state index in [-0.39, 0.29) is 5.41 Å². The molecule has 2 nitrogen and oxygen atoms in total. The molecule has 3 heteroatoms. The Labute approximate surface area is 162 Å². The Kier molecular flexibility index (Phi) is 4.89. The Morgan fingerprint density at radius 3 is 2.38 bits per heavy atom. The quantitative estimate of drug-likeness (QED) is 0.703. The molecule has 1 saturated heterocycles. The molecule has 2 aliphatic rings. The first-order valence-corrected chi connectivity index (χ1v) is 10.6. The summed E-state index contributed by atoms with van der Waals surface area (Å²) in [4.78, 5) is 8.02. The van der Waals surface area contributed by atoms with Crippen molar-refractivity contribution < 1.29 is 0 Å². The Morgan fingerprint density at radius 2 is 1.65 bits per heavy atom. The highest BCUT2D eigenvalue weighted by Gasteiger charge is 2.30. The van der Waals surface area contributed by atoms with Crippen molar-refractivity contribution in [1.82, 2.24) is 9.80 Å². The van der Waals surface area contributed by atoms with Gasteiger partial charge in [0.25, 0.3) is 0 Å². The van der Waals surface area contributed by atoms with Gasteiger partial charge in [-0.2, -0.15) is 0 Å². The zero-order valence-electron chi connectivity index (χ0n) is 16.5. The summed E-state index contributed by atoms with van der Waals surface area (Å²) >= 11 is 1.95. The lowest BCUT2D eigenvalue weighted by Crippen LogP contribution is -2.46. The predicted molar refractivity (Wildman–Crippen MR) is 111 cm³/mol. The molecule has 2 aliphatic heterocycles. The van der Waals surface area contributed by atoms with Crippen LogP contribution >= 0.6 is 11.8 Å². The van der Waals surface area contributed by atoms with E-state index in [0.717, 1.165) is 19.5 Å². The maximum Gasteiger partial charge on any atom is 0.0401 e. The van der Waals surface area contributed by atoms with Crippen LogP contribution in [-0.4, -0.2) is 43.0 Å². The largest absolute Gasteiger partial charge is 0.304 e. The van der Waals surface area contributed by atoms with Crippen LogP contribution in [0.5, 0.6) is 0 Å². The fraction of sp³-hybridized carbons (Fsp3) is 0.478. The molecule has 2 aromatic rings. The van der Waals surface area contributed by atoms with Crippen LogP contribution in [0.25, 0.3) is 0 Å². The number of hydrogen-bond donors (Lipinski definition) is 0. The molecule has 2 heterocycles. The topological polar surface area (TPSA) is 6.48 Å². The molecule has 26 heavy (non-hydrogen) atoms. The van der Waals surface area contributed by atoms with Gasteiger partial charge in [0.05, 0.1) is 0 Å². The van der Waals surface area contributed by atoms with Gasteiger partial charge >= 0.3 is 0 Å². The lowest BCUT2D eigenvalue weighted by atomic mass is 9.84. The van der Waals surface area contributed by atoms with Gasteiger partial charge in [-0.3, -0.25) is 4.90 Å². The summed E-state index contributed by atoms with van der Waals surface area (Å²) in [5, 5.41) is 0. The highest BCUT2D eigenvalue weighted by atomic mass is 32.2. The van der Waals surface area contributed by atoms with Crippen LogP contribution < -0.4 is 0 Å². The standard InChI is InChI=1S/C23H30N2S/c1-23(2,3)18-9-10-22-19(16-18)20(25-13-11-24(4)12-14-25)15-17-7-5-6-8-21(17)26-22/h5-10,16,20H,11-15H2,1-4H3. The Bertz CT molecular complexity index is 785. The number of piperazine rings is 1. The second kappa shape index (κ2) is 7.03. The van der Waals surface area contributed by atoms with Gasteiger partial charge < -0.3 is 4.90 Å². The smallest absolute Gasteiger partial charge is 0.0401 e. The number of likely N-dealkylation sites (N-methyl/N-ethyl adjacent to an activating group) is 1. The van der Waals surface area contributed by atoms with Gasteiger partial charge in [0.15, 0.2) is 0 Å². The average molecular weight is 367 g/mol. The molecule has 0 bridgehead atoms. The van der Waals surface area contributed by atoms with E-state index in [1.54, 1.807) is 0 Å². The third-order valence-corrected chi connectivity index (χ3v) is 7.03. The van der Waals surface area contributed by atoms with E-state index >= 15 is 0 Å². The van der Waals surface area contributed by atoms with E-state index in [9.17, 15) is 0 Å². The summed E-state index contributed by atoms with van der Waals surface area (Å²) in [6.45, 7) is 11.6. The van der Waals surface area contributed by atoms with Gasteiger partial charge in [-0.05, 0) is 47.7 Å². The first-order valence-electron chi connectivity index (χ1n) is 9.74. The van der Waals surface area contributed by atoms with Crippen molar-refractivity contribution in [3.63, 3.8) is 0 Å². The molecule has 0 aliphatic carbocycles. The molecule has 0 amide bonds. The zero-order chi connectivity index (χ0) is 18.3. The molecule has 0 N–H and O–H groups in total. The number of nitrogens with zero attached hydrogens (tertiary/aromatic N) is 2. The number of benzene rings is 2. The maximum absolute atomic E-state index is 2.72. The Morgan fingerprint density at radius 1 is 0.923 bits per heavy atom. The molecular formula is C23H30N2S. The fourth-order valence-electron chi connectivity index (χ4n) is 4.04. The van der Waals surface area contributed by atoms with Crippen LogP contribution in [0.3, 0.4) is 0 Å². The van der Waals surface area contributed by atoms with Gasteiger partial charge in [-0.25, -0.2) is 0 Å². The van der Waals surface area contributed by atoms with Crippen LogP contribution in [0.1, 0.15) is 43.5 Å². The van der Waals surface area contributed by atoms with E-state index in [1.165, 1.54) is 39.6 Å². The van der Waals surface area contributed by atoms with Gasteiger partial charge in [0.2, 0.25) is 0 Å². The Hall–Kier alpha value is -1.29. The van der Waals surface area contributed by atoms with Gasteiger partial charge in [-0.15, -0.1) is 0 Å². The minimum absolute atomic E-state index is 0.186. The summed E-state index contributed by atoms with van der Waals surface area (Å²) in [5.74, 6) is 0. The molecule has 1 unspecified atom stereocenters. The minimum atomic E-state index is 0.186. The van der Waals surface area contributed by atoms with Crippen molar-refractivity contribution in [2.24, 2.45) is 0 Å². The van der Waals surface area contributed by atoms with Crippen molar-refractivity contribution in [2.75, 3.05) is 33.2 Å². The van der Waals surface area contributed by atoms with E-state index in [4.69, 9.17) is 0 Å². The fourth-order valence-corrected chi connectivity index (χ4v) is 5.15. The first-order chi connectivity index (χ1) is 12.4. The lowest BCUT2D eigenvalue weighted by Gasteiger charge is -2.38. The van der Waals surface area contributed by atoms with Crippen LogP contribution in [0.4, 0.5) is 0 Å². The van der Waals surface area contributed by atoms with Crippen molar-refractivity contribution in [3.8, 4) is 0 Å². The van der Waals surface area contributed by atoms with E-state index in [0.29, 0.717) is 6.04 Å². The normalized spacial score (nSPS) is 21.8. The molecular weight excluding hydrogens is 336 g/mol. The second-order valence-electron chi connectivity index (χ2n) is 8.77. The van der Waals surface area contributed by atoms with Gasteiger partial charge in [0.1, 0.15) is 0 Å². The van der Waals surface area contributed by atoms with Gasteiger partial charge in [-0.1, -0.05) is 62.9 Å². The second-order valence-corrected chi connectivity index (χ2v) is 9.86. The summed E-state index contributed by atoms with van der Waals surface area (Å²) < 4.78 is 0. The molecule has 2 aromatic carbocycles. The summed E-state index contributed by atoms with van der Waals surface area (Å²) in [7, 11) is 2.24. The molecule has 0 radical (unpaired) electrons. The third kappa shape index (κ3) is 3.58. The highest BCUT2D eigenvalue weighted by molar-refractivity contribution is 7.99. The van der Waals surface area contributed by atoms with Crippen LogP contribution in [0, 0.1) is 0 Å².